The Morgan fingerprint density at radius 1 is 1.04 bits per heavy atom. The van der Waals surface area contributed by atoms with Crippen LogP contribution < -0.4 is 5.32 Å². The molecule has 28 heavy (non-hydrogen) atoms. The number of hydrogen-bond acceptors (Lipinski definition) is 2. The second kappa shape index (κ2) is 8.52. The minimum absolute atomic E-state index is 0.0219. The van der Waals surface area contributed by atoms with Crippen molar-refractivity contribution in [2.75, 3.05) is 18.4 Å². The molecule has 4 rings (SSSR count). The van der Waals surface area contributed by atoms with Gasteiger partial charge in [0.1, 0.15) is 0 Å². The maximum Gasteiger partial charge on any atom is 0.228 e. The Bertz CT molecular complexity index is 1000. The van der Waals surface area contributed by atoms with Crippen molar-refractivity contribution in [3.05, 3.63) is 76.3 Å². The number of nitrogens with zero attached hydrogens (tertiary/aromatic N) is 1. The molecule has 1 saturated heterocycles. The number of carbonyl (C=O) groups excluding carboxylic acids is 1. The van der Waals surface area contributed by atoms with Crippen LogP contribution in [0.15, 0.2) is 60.7 Å². The van der Waals surface area contributed by atoms with Gasteiger partial charge < -0.3 is 5.32 Å². The summed E-state index contributed by atoms with van der Waals surface area (Å²) in [6, 6.07) is 19.8. The molecule has 0 aliphatic carbocycles. The number of benzene rings is 3. The van der Waals surface area contributed by atoms with E-state index in [-0.39, 0.29) is 11.8 Å². The first-order valence-corrected chi connectivity index (χ1v) is 10.3. The fraction of sp³-hybridized carbons (Fsp3) is 0.261. The summed E-state index contributed by atoms with van der Waals surface area (Å²) in [5.74, 6) is 0.0634. The lowest BCUT2D eigenvalue weighted by Crippen LogP contribution is -2.40. The normalized spacial score (nSPS) is 17.6. The summed E-state index contributed by atoms with van der Waals surface area (Å²) >= 11 is 12.3. The number of hydrogen-bond donors (Lipinski definition) is 1. The van der Waals surface area contributed by atoms with Crippen molar-refractivity contribution in [3.63, 3.8) is 0 Å². The number of halogens is 2. The molecular weight excluding hydrogens is 391 g/mol. The Morgan fingerprint density at radius 2 is 1.86 bits per heavy atom. The van der Waals surface area contributed by atoms with Gasteiger partial charge in [-0.1, -0.05) is 59.6 Å². The van der Waals surface area contributed by atoms with Gasteiger partial charge in [-0.3, -0.25) is 9.69 Å². The van der Waals surface area contributed by atoms with Gasteiger partial charge in [-0.2, -0.15) is 0 Å². The highest BCUT2D eigenvalue weighted by atomic mass is 35.5. The molecule has 1 heterocycles. The van der Waals surface area contributed by atoms with Gasteiger partial charge in [0.2, 0.25) is 5.91 Å². The van der Waals surface area contributed by atoms with Crippen LogP contribution >= 0.6 is 23.2 Å². The second-order valence-electron chi connectivity index (χ2n) is 7.36. The molecule has 3 aromatic carbocycles. The van der Waals surface area contributed by atoms with E-state index in [4.69, 9.17) is 23.2 Å². The number of anilines is 1. The molecule has 0 radical (unpaired) electrons. The maximum absolute atomic E-state index is 12.8. The van der Waals surface area contributed by atoms with Crippen LogP contribution in [0.1, 0.15) is 18.4 Å². The largest absolute Gasteiger partial charge is 0.326 e. The highest BCUT2D eigenvalue weighted by molar-refractivity contribution is 6.35. The van der Waals surface area contributed by atoms with Crippen molar-refractivity contribution in [2.45, 2.75) is 19.4 Å². The minimum atomic E-state index is -0.0219. The molecule has 3 aromatic rings. The van der Waals surface area contributed by atoms with Crippen LogP contribution in [0.25, 0.3) is 10.8 Å². The molecule has 0 aromatic heterocycles. The number of rotatable bonds is 4. The molecule has 1 aliphatic rings. The Labute approximate surface area is 175 Å². The average Bonchev–Trinajstić information content (AvgIpc) is 2.70. The van der Waals surface area contributed by atoms with Crippen molar-refractivity contribution in [2.24, 2.45) is 5.92 Å². The highest BCUT2D eigenvalue weighted by Gasteiger charge is 2.26. The van der Waals surface area contributed by atoms with E-state index in [9.17, 15) is 4.79 Å². The summed E-state index contributed by atoms with van der Waals surface area (Å²) in [5, 5.41) is 6.71. The van der Waals surface area contributed by atoms with Gasteiger partial charge in [-0.25, -0.2) is 0 Å². The zero-order valence-corrected chi connectivity index (χ0v) is 17.0. The van der Waals surface area contributed by atoms with E-state index in [0.29, 0.717) is 10.0 Å². The van der Waals surface area contributed by atoms with Crippen molar-refractivity contribution in [1.82, 2.24) is 4.90 Å². The third kappa shape index (κ3) is 4.49. The Kier molecular flexibility index (Phi) is 5.86. The first-order chi connectivity index (χ1) is 13.6. The van der Waals surface area contributed by atoms with E-state index in [1.165, 1.54) is 5.39 Å². The summed E-state index contributed by atoms with van der Waals surface area (Å²) in [6.45, 7) is 2.44. The molecular formula is C23H22Cl2N2O. The van der Waals surface area contributed by atoms with Gasteiger partial charge in [0.15, 0.2) is 0 Å². The van der Waals surface area contributed by atoms with Crippen LogP contribution in [-0.4, -0.2) is 23.9 Å². The molecule has 1 atom stereocenters. The number of nitrogens with one attached hydrogen (secondary N) is 1. The van der Waals surface area contributed by atoms with Gasteiger partial charge in [0, 0.05) is 28.8 Å². The van der Waals surface area contributed by atoms with Crippen LogP contribution in [0.5, 0.6) is 0 Å². The fourth-order valence-corrected chi connectivity index (χ4v) is 4.28. The Balaban J connectivity index is 1.41. The van der Waals surface area contributed by atoms with Crippen molar-refractivity contribution in [3.8, 4) is 0 Å². The van der Waals surface area contributed by atoms with E-state index in [0.717, 1.165) is 49.1 Å². The summed E-state index contributed by atoms with van der Waals surface area (Å²) in [7, 11) is 0. The van der Waals surface area contributed by atoms with E-state index in [1.807, 2.05) is 42.5 Å². The SMILES string of the molecule is O=C(Nc1ccc2ccccc2c1)C1CCCN(Cc2ccc(Cl)cc2Cl)C1. The maximum atomic E-state index is 12.8. The molecule has 1 N–H and O–H groups in total. The van der Waals surface area contributed by atoms with Crippen LogP contribution in [0.4, 0.5) is 5.69 Å². The summed E-state index contributed by atoms with van der Waals surface area (Å²) in [6.07, 6.45) is 1.91. The summed E-state index contributed by atoms with van der Waals surface area (Å²) in [5.41, 5.74) is 1.89. The van der Waals surface area contributed by atoms with Crippen LogP contribution in [0, 0.1) is 5.92 Å². The Morgan fingerprint density at radius 3 is 2.68 bits per heavy atom. The van der Waals surface area contributed by atoms with Gasteiger partial charge in [0.25, 0.3) is 0 Å². The average molecular weight is 413 g/mol. The van der Waals surface area contributed by atoms with E-state index in [1.54, 1.807) is 6.07 Å². The second-order valence-corrected chi connectivity index (χ2v) is 8.20. The minimum Gasteiger partial charge on any atom is -0.326 e. The standard InChI is InChI=1S/C23H22Cl2N2O/c24-20-9-7-18(22(25)13-20)14-27-11-3-6-19(15-27)23(28)26-21-10-8-16-4-1-2-5-17(16)12-21/h1-2,4-5,7-10,12-13,19H,3,6,11,14-15H2,(H,26,28). The number of piperidine rings is 1. The van der Waals surface area contributed by atoms with Gasteiger partial charge >= 0.3 is 0 Å². The molecule has 1 fully saturated rings. The predicted octanol–water partition coefficient (Wildman–Crippen LogP) is 6.00. The highest BCUT2D eigenvalue weighted by Crippen LogP contribution is 2.26. The first-order valence-electron chi connectivity index (χ1n) is 9.54. The molecule has 0 bridgehead atoms. The zero-order valence-electron chi connectivity index (χ0n) is 15.5. The van der Waals surface area contributed by atoms with Crippen LogP contribution in [0.2, 0.25) is 10.0 Å². The third-order valence-corrected chi connectivity index (χ3v) is 5.89. The third-order valence-electron chi connectivity index (χ3n) is 5.30. The van der Waals surface area contributed by atoms with Gasteiger partial charge in [-0.15, -0.1) is 0 Å². The van der Waals surface area contributed by atoms with E-state index >= 15 is 0 Å². The molecule has 1 unspecified atom stereocenters. The predicted molar refractivity (Wildman–Crippen MR) is 117 cm³/mol. The lowest BCUT2D eigenvalue weighted by molar-refractivity contribution is -0.121. The molecule has 0 spiro atoms. The molecule has 5 heteroatoms. The number of amides is 1. The van der Waals surface area contributed by atoms with Gasteiger partial charge in [-0.05, 0) is 60.0 Å². The van der Waals surface area contributed by atoms with E-state index < -0.39 is 0 Å². The monoisotopic (exact) mass is 412 g/mol. The number of carbonyl (C=O) groups is 1. The molecule has 3 nitrogen and oxygen atoms in total. The van der Waals surface area contributed by atoms with Crippen LogP contribution in [0.3, 0.4) is 0 Å². The lowest BCUT2D eigenvalue weighted by atomic mass is 9.96. The number of likely N-dealkylation sites (tertiary alicyclic amines) is 1. The van der Waals surface area contributed by atoms with Crippen molar-refractivity contribution >= 4 is 45.6 Å². The molecule has 1 amide bonds. The number of fused-ring (bicyclic) bond motifs is 1. The van der Waals surface area contributed by atoms with Gasteiger partial charge in [0.05, 0.1) is 5.92 Å². The summed E-state index contributed by atoms with van der Waals surface area (Å²) < 4.78 is 0. The van der Waals surface area contributed by atoms with Crippen LogP contribution in [-0.2, 0) is 11.3 Å². The van der Waals surface area contributed by atoms with E-state index in [2.05, 4.69) is 22.3 Å². The van der Waals surface area contributed by atoms with Crippen molar-refractivity contribution in [1.29, 1.82) is 0 Å². The molecule has 1 aliphatic heterocycles. The fourth-order valence-electron chi connectivity index (χ4n) is 3.82. The zero-order chi connectivity index (χ0) is 19.5. The summed E-state index contributed by atoms with van der Waals surface area (Å²) in [4.78, 5) is 15.1. The molecule has 144 valence electrons. The van der Waals surface area contributed by atoms with Crippen molar-refractivity contribution < 1.29 is 4.79 Å². The Hall–Kier alpha value is -2.07. The topological polar surface area (TPSA) is 32.3 Å². The smallest absolute Gasteiger partial charge is 0.228 e. The quantitative estimate of drug-likeness (QED) is 0.569. The first kappa shape index (κ1) is 19.3. The molecule has 0 saturated carbocycles. The lowest BCUT2D eigenvalue weighted by Gasteiger charge is -2.32.